The molecule has 0 spiro atoms. The molecule has 1 aromatic heterocycles. The van der Waals surface area contributed by atoms with Gasteiger partial charge in [-0.3, -0.25) is 4.79 Å². The van der Waals surface area contributed by atoms with Crippen molar-refractivity contribution in [2.75, 3.05) is 0 Å². The molecule has 23 heavy (non-hydrogen) atoms. The number of hydrogen-bond donors (Lipinski definition) is 2. The average Bonchev–Trinajstić information content (AvgIpc) is 2.53. The Bertz CT molecular complexity index is 720. The predicted molar refractivity (Wildman–Crippen MR) is 85.4 cm³/mol. The van der Waals surface area contributed by atoms with Crippen LogP contribution in [0.1, 0.15) is 47.7 Å². The molecular weight excluding hydrogens is 318 g/mol. The molecule has 0 unspecified atom stereocenters. The van der Waals surface area contributed by atoms with E-state index >= 15 is 0 Å². The number of carbonyl (C=O) groups is 2. The second kappa shape index (κ2) is 7.19. The molecule has 7 heteroatoms. The van der Waals surface area contributed by atoms with Crippen molar-refractivity contribution in [2.45, 2.75) is 25.8 Å². The molecule has 0 saturated carbocycles. The van der Waals surface area contributed by atoms with E-state index in [1.54, 1.807) is 30.3 Å². The van der Waals surface area contributed by atoms with Gasteiger partial charge in [-0.05, 0) is 5.56 Å². The van der Waals surface area contributed by atoms with Crippen molar-refractivity contribution in [2.24, 2.45) is 0 Å². The van der Waals surface area contributed by atoms with Crippen molar-refractivity contribution in [3.05, 3.63) is 58.6 Å². The Morgan fingerprint density at radius 3 is 2.43 bits per heavy atom. The number of carboxylic acids is 1. The van der Waals surface area contributed by atoms with Crippen LogP contribution in [0, 0.1) is 0 Å². The van der Waals surface area contributed by atoms with Crippen LogP contribution in [0.4, 0.5) is 0 Å². The molecule has 6 nitrogen and oxygen atoms in total. The maximum atomic E-state index is 12.4. The third-order valence-electron chi connectivity index (χ3n) is 3.15. The van der Waals surface area contributed by atoms with E-state index in [9.17, 15) is 14.7 Å². The van der Waals surface area contributed by atoms with Gasteiger partial charge in [0.2, 0.25) is 0 Å². The van der Waals surface area contributed by atoms with Gasteiger partial charge in [0.05, 0.1) is 11.2 Å². The van der Waals surface area contributed by atoms with E-state index in [1.807, 2.05) is 13.8 Å². The molecule has 0 aliphatic carbocycles. The van der Waals surface area contributed by atoms with E-state index < -0.39 is 17.9 Å². The van der Waals surface area contributed by atoms with E-state index in [-0.39, 0.29) is 16.6 Å². The van der Waals surface area contributed by atoms with Crippen LogP contribution in [0.3, 0.4) is 0 Å². The van der Waals surface area contributed by atoms with Crippen LogP contribution in [0.5, 0.6) is 0 Å². The lowest BCUT2D eigenvalue weighted by Gasteiger charge is -2.15. The molecule has 0 bridgehead atoms. The molecule has 0 saturated heterocycles. The summed E-state index contributed by atoms with van der Waals surface area (Å²) in [6.07, 6.45) is 1.34. The number of nitrogens with zero attached hydrogens (tertiary/aromatic N) is 2. The molecule has 2 N–H and O–H groups in total. The van der Waals surface area contributed by atoms with Gasteiger partial charge in [0.15, 0.2) is 6.04 Å². The maximum absolute atomic E-state index is 12.4. The SMILES string of the molecule is CC(C)c1ncc(Cl)c(C(=O)N[C@H](C(=O)O)c2ccccc2)n1. The number of benzene rings is 1. The minimum atomic E-state index is -1.18. The highest BCUT2D eigenvalue weighted by atomic mass is 35.5. The normalized spacial score (nSPS) is 12.0. The molecule has 2 aromatic rings. The van der Waals surface area contributed by atoms with E-state index in [0.717, 1.165) is 0 Å². The van der Waals surface area contributed by atoms with Crippen molar-refractivity contribution >= 4 is 23.5 Å². The van der Waals surface area contributed by atoms with Gasteiger partial charge in [-0.25, -0.2) is 14.8 Å². The Balaban J connectivity index is 2.30. The summed E-state index contributed by atoms with van der Waals surface area (Å²) in [4.78, 5) is 32.0. The summed E-state index contributed by atoms with van der Waals surface area (Å²) in [5.41, 5.74) is 0.426. The zero-order valence-corrected chi connectivity index (χ0v) is 13.4. The minimum absolute atomic E-state index is 0.0169. The molecule has 0 aliphatic rings. The van der Waals surface area contributed by atoms with Gasteiger partial charge in [-0.1, -0.05) is 55.8 Å². The molecule has 1 atom stereocenters. The van der Waals surface area contributed by atoms with Gasteiger partial charge in [-0.15, -0.1) is 0 Å². The highest BCUT2D eigenvalue weighted by molar-refractivity contribution is 6.33. The zero-order chi connectivity index (χ0) is 17.0. The van der Waals surface area contributed by atoms with Crippen LogP contribution in [0.25, 0.3) is 0 Å². The quantitative estimate of drug-likeness (QED) is 0.877. The molecule has 120 valence electrons. The van der Waals surface area contributed by atoms with Gasteiger partial charge < -0.3 is 10.4 Å². The summed E-state index contributed by atoms with van der Waals surface area (Å²) in [5, 5.41) is 11.9. The van der Waals surface area contributed by atoms with Crippen molar-refractivity contribution in [3.8, 4) is 0 Å². The third-order valence-corrected chi connectivity index (χ3v) is 3.43. The molecule has 1 amide bonds. The fraction of sp³-hybridized carbons (Fsp3) is 0.250. The minimum Gasteiger partial charge on any atom is -0.479 e. The van der Waals surface area contributed by atoms with E-state index in [2.05, 4.69) is 15.3 Å². The number of rotatable bonds is 5. The summed E-state index contributed by atoms with van der Waals surface area (Å²) in [6, 6.07) is 7.23. The summed E-state index contributed by atoms with van der Waals surface area (Å²) in [5.74, 6) is -1.34. The molecule has 2 rings (SSSR count). The van der Waals surface area contributed by atoms with Gasteiger partial charge in [-0.2, -0.15) is 0 Å². The van der Waals surface area contributed by atoms with Crippen molar-refractivity contribution in [3.63, 3.8) is 0 Å². The Hall–Kier alpha value is -2.47. The Kier molecular flexibility index (Phi) is 5.28. The molecule has 1 heterocycles. The summed E-state index contributed by atoms with van der Waals surface area (Å²) >= 11 is 5.97. The van der Waals surface area contributed by atoms with Gasteiger partial charge in [0.25, 0.3) is 5.91 Å². The van der Waals surface area contributed by atoms with Crippen molar-refractivity contribution in [1.29, 1.82) is 0 Å². The number of hydrogen-bond acceptors (Lipinski definition) is 4. The number of carboxylic acid groups (broad SMARTS) is 1. The predicted octanol–water partition coefficient (Wildman–Crippen LogP) is 2.81. The van der Waals surface area contributed by atoms with Gasteiger partial charge in [0, 0.05) is 5.92 Å². The lowest BCUT2D eigenvalue weighted by Crippen LogP contribution is -2.34. The van der Waals surface area contributed by atoms with Crippen LogP contribution < -0.4 is 5.32 Å². The fourth-order valence-corrected chi connectivity index (χ4v) is 2.13. The Morgan fingerprint density at radius 2 is 1.87 bits per heavy atom. The molecule has 0 fully saturated rings. The molecular formula is C16H16ClN3O3. The lowest BCUT2D eigenvalue weighted by atomic mass is 10.1. The first-order valence-electron chi connectivity index (χ1n) is 7.01. The van der Waals surface area contributed by atoms with Crippen LogP contribution in [-0.2, 0) is 4.79 Å². The second-order valence-electron chi connectivity index (χ2n) is 5.23. The van der Waals surface area contributed by atoms with Gasteiger partial charge in [0.1, 0.15) is 11.5 Å². The van der Waals surface area contributed by atoms with E-state index in [0.29, 0.717) is 11.4 Å². The molecule has 1 aromatic carbocycles. The van der Waals surface area contributed by atoms with Crippen molar-refractivity contribution in [1.82, 2.24) is 15.3 Å². The lowest BCUT2D eigenvalue weighted by molar-refractivity contribution is -0.139. The monoisotopic (exact) mass is 333 g/mol. The number of amides is 1. The highest BCUT2D eigenvalue weighted by Crippen LogP contribution is 2.18. The molecule has 0 radical (unpaired) electrons. The highest BCUT2D eigenvalue weighted by Gasteiger charge is 2.24. The summed E-state index contributed by atoms with van der Waals surface area (Å²) in [6.45, 7) is 3.77. The largest absolute Gasteiger partial charge is 0.479 e. The van der Waals surface area contributed by atoms with Gasteiger partial charge >= 0.3 is 5.97 Å². The number of carbonyl (C=O) groups excluding carboxylic acids is 1. The third kappa shape index (κ3) is 4.04. The average molecular weight is 334 g/mol. The maximum Gasteiger partial charge on any atom is 0.330 e. The fourth-order valence-electron chi connectivity index (χ4n) is 1.95. The summed E-state index contributed by atoms with van der Waals surface area (Å²) < 4.78 is 0. The van der Waals surface area contributed by atoms with Crippen molar-refractivity contribution < 1.29 is 14.7 Å². The van der Waals surface area contributed by atoms with E-state index in [4.69, 9.17) is 11.6 Å². The first kappa shape index (κ1) is 16.9. The topological polar surface area (TPSA) is 92.2 Å². The van der Waals surface area contributed by atoms with Crippen LogP contribution in [0.15, 0.2) is 36.5 Å². The number of aromatic nitrogens is 2. The first-order valence-corrected chi connectivity index (χ1v) is 7.39. The van der Waals surface area contributed by atoms with Crippen LogP contribution in [0.2, 0.25) is 5.02 Å². The summed E-state index contributed by atoms with van der Waals surface area (Å²) in [7, 11) is 0. The molecule has 0 aliphatic heterocycles. The zero-order valence-electron chi connectivity index (χ0n) is 12.7. The van der Waals surface area contributed by atoms with Crippen LogP contribution in [-0.4, -0.2) is 27.0 Å². The Morgan fingerprint density at radius 1 is 1.22 bits per heavy atom. The van der Waals surface area contributed by atoms with E-state index in [1.165, 1.54) is 6.20 Å². The van der Waals surface area contributed by atoms with Crippen LogP contribution >= 0.6 is 11.6 Å². The smallest absolute Gasteiger partial charge is 0.330 e. The second-order valence-corrected chi connectivity index (χ2v) is 5.64. The number of nitrogens with one attached hydrogen (secondary N) is 1. The Labute approximate surface area is 138 Å². The number of aliphatic carboxylic acids is 1. The standard InChI is InChI=1S/C16H16ClN3O3/c1-9(2)14-18-8-11(17)13(19-14)15(21)20-12(16(22)23)10-6-4-3-5-7-10/h3-9,12H,1-2H3,(H,20,21)(H,22,23)/t12-/m0/s1. The first-order chi connectivity index (χ1) is 10.9. The number of halogens is 1.